The van der Waals surface area contributed by atoms with E-state index in [1.807, 2.05) is 30.3 Å². The third-order valence-electron chi connectivity index (χ3n) is 2.17. The van der Waals surface area contributed by atoms with Crippen LogP contribution in [0.3, 0.4) is 0 Å². The number of nitrogens with zero attached hydrogens (tertiary/aromatic N) is 1. The average Bonchev–Trinajstić information content (AvgIpc) is 2.68. The van der Waals surface area contributed by atoms with Gasteiger partial charge in [-0.3, -0.25) is 5.10 Å². The highest BCUT2D eigenvalue weighted by atomic mass is 16.5. The van der Waals surface area contributed by atoms with Crippen LogP contribution in [0.25, 0.3) is 11.3 Å². The molecule has 1 aromatic carbocycles. The Morgan fingerprint density at radius 3 is 2.93 bits per heavy atom. The molecule has 0 bridgehead atoms. The highest BCUT2D eigenvalue weighted by molar-refractivity contribution is 5.73. The van der Waals surface area contributed by atoms with Gasteiger partial charge in [0.15, 0.2) is 0 Å². The number of hydrogen-bond acceptors (Lipinski definition) is 3. The zero-order chi connectivity index (χ0) is 10.7. The SMILES string of the molecule is COCc1cc(-c2ccccc2N)[nH]n1. The minimum atomic E-state index is 0.503. The van der Waals surface area contributed by atoms with Crippen LogP contribution in [0.2, 0.25) is 0 Å². The van der Waals surface area contributed by atoms with Crippen LogP contribution in [0.15, 0.2) is 30.3 Å². The van der Waals surface area contributed by atoms with Crippen molar-refractivity contribution in [3.63, 3.8) is 0 Å². The van der Waals surface area contributed by atoms with Gasteiger partial charge in [-0.05, 0) is 12.1 Å². The second-order valence-electron chi connectivity index (χ2n) is 3.29. The molecular formula is C11H13N3O. The first-order valence-electron chi connectivity index (χ1n) is 4.69. The molecule has 0 spiro atoms. The summed E-state index contributed by atoms with van der Waals surface area (Å²) in [5.74, 6) is 0. The number of H-pyrrole nitrogens is 1. The largest absolute Gasteiger partial charge is 0.398 e. The monoisotopic (exact) mass is 203 g/mol. The molecule has 0 aliphatic carbocycles. The zero-order valence-corrected chi connectivity index (χ0v) is 8.53. The molecule has 0 saturated heterocycles. The van der Waals surface area contributed by atoms with Gasteiger partial charge in [-0.25, -0.2) is 0 Å². The molecule has 78 valence electrons. The molecule has 0 aliphatic heterocycles. The molecule has 4 nitrogen and oxygen atoms in total. The lowest BCUT2D eigenvalue weighted by Gasteiger charge is -2.00. The number of anilines is 1. The first-order valence-corrected chi connectivity index (χ1v) is 4.69. The number of nitrogen functional groups attached to an aromatic ring is 1. The predicted molar refractivity (Wildman–Crippen MR) is 59.1 cm³/mol. The molecule has 0 aliphatic rings. The van der Waals surface area contributed by atoms with E-state index in [2.05, 4.69) is 10.2 Å². The molecule has 1 aromatic heterocycles. The van der Waals surface area contributed by atoms with Crippen molar-refractivity contribution in [1.82, 2.24) is 10.2 Å². The maximum absolute atomic E-state index is 5.86. The minimum Gasteiger partial charge on any atom is -0.398 e. The summed E-state index contributed by atoms with van der Waals surface area (Å²) in [7, 11) is 1.64. The lowest BCUT2D eigenvalue weighted by Crippen LogP contribution is -1.88. The van der Waals surface area contributed by atoms with Crippen LogP contribution in [-0.4, -0.2) is 17.3 Å². The Morgan fingerprint density at radius 1 is 1.40 bits per heavy atom. The van der Waals surface area contributed by atoms with Gasteiger partial charge in [0.05, 0.1) is 18.0 Å². The Labute approximate surface area is 88.1 Å². The quantitative estimate of drug-likeness (QED) is 0.748. The number of nitrogens with one attached hydrogen (secondary N) is 1. The number of hydrogen-bond donors (Lipinski definition) is 2. The number of aromatic nitrogens is 2. The van der Waals surface area contributed by atoms with E-state index in [0.29, 0.717) is 6.61 Å². The average molecular weight is 203 g/mol. The zero-order valence-electron chi connectivity index (χ0n) is 8.53. The van der Waals surface area contributed by atoms with Gasteiger partial charge < -0.3 is 10.5 Å². The molecule has 0 saturated carbocycles. The highest BCUT2D eigenvalue weighted by Crippen LogP contribution is 2.23. The second kappa shape index (κ2) is 4.14. The van der Waals surface area contributed by atoms with Gasteiger partial charge in [0.1, 0.15) is 0 Å². The second-order valence-corrected chi connectivity index (χ2v) is 3.29. The van der Waals surface area contributed by atoms with Crippen LogP contribution in [0.5, 0.6) is 0 Å². The number of para-hydroxylation sites is 1. The third-order valence-corrected chi connectivity index (χ3v) is 2.17. The molecular weight excluding hydrogens is 190 g/mol. The van der Waals surface area contributed by atoms with Gasteiger partial charge in [0.25, 0.3) is 0 Å². The Kier molecular flexibility index (Phi) is 2.69. The van der Waals surface area contributed by atoms with Crippen molar-refractivity contribution in [1.29, 1.82) is 0 Å². The summed E-state index contributed by atoms with van der Waals surface area (Å²) in [5, 5.41) is 7.06. The highest BCUT2D eigenvalue weighted by Gasteiger charge is 2.05. The van der Waals surface area contributed by atoms with Crippen molar-refractivity contribution >= 4 is 5.69 Å². The van der Waals surface area contributed by atoms with E-state index in [9.17, 15) is 0 Å². The fourth-order valence-electron chi connectivity index (χ4n) is 1.47. The lowest BCUT2D eigenvalue weighted by atomic mass is 10.1. The number of benzene rings is 1. The van der Waals surface area contributed by atoms with Crippen LogP contribution < -0.4 is 5.73 Å². The van der Waals surface area contributed by atoms with Gasteiger partial charge >= 0.3 is 0 Å². The number of aromatic amines is 1. The Bertz CT molecular complexity index is 451. The molecule has 0 unspecified atom stereocenters. The van der Waals surface area contributed by atoms with Crippen LogP contribution in [0.1, 0.15) is 5.69 Å². The van der Waals surface area contributed by atoms with Crippen molar-refractivity contribution in [2.75, 3.05) is 12.8 Å². The van der Waals surface area contributed by atoms with Crippen molar-refractivity contribution in [2.45, 2.75) is 6.61 Å². The molecule has 3 N–H and O–H groups in total. The normalized spacial score (nSPS) is 10.5. The minimum absolute atomic E-state index is 0.503. The summed E-state index contributed by atoms with van der Waals surface area (Å²) in [5.41, 5.74) is 9.35. The molecule has 0 amide bonds. The molecule has 0 atom stereocenters. The summed E-state index contributed by atoms with van der Waals surface area (Å²) >= 11 is 0. The molecule has 0 radical (unpaired) electrons. The van der Waals surface area contributed by atoms with Gasteiger partial charge in [-0.15, -0.1) is 0 Å². The van der Waals surface area contributed by atoms with Crippen molar-refractivity contribution < 1.29 is 4.74 Å². The number of nitrogens with two attached hydrogens (primary N) is 1. The van der Waals surface area contributed by atoms with E-state index in [1.165, 1.54) is 0 Å². The maximum atomic E-state index is 5.86. The summed E-state index contributed by atoms with van der Waals surface area (Å²) in [6.07, 6.45) is 0. The van der Waals surface area contributed by atoms with Gasteiger partial charge in [-0.1, -0.05) is 18.2 Å². The topological polar surface area (TPSA) is 63.9 Å². The van der Waals surface area contributed by atoms with Gasteiger partial charge in [0.2, 0.25) is 0 Å². The first-order chi connectivity index (χ1) is 7.31. The van der Waals surface area contributed by atoms with E-state index >= 15 is 0 Å². The summed E-state index contributed by atoms with van der Waals surface area (Å²) in [6.45, 7) is 0.503. The number of rotatable bonds is 3. The summed E-state index contributed by atoms with van der Waals surface area (Å²) in [6, 6.07) is 9.62. The summed E-state index contributed by atoms with van der Waals surface area (Å²) < 4.78 is 4.99. The standard InChI is InChI=1S/C11H13N3O/c1-15-7-8-6-11(14-13-8)9-4-2-3-5-10(9)12/h2-6H,7,12H2,1H3,(H,13,14). The smallest absolute Gasteiger partial charge is 0.0902 e. The van der Waals surface area contributed by atoms with Crippen molar-refractivity contribution in [2.24, 2.45) is 0 Å². The number of methoxy groups -OCH3 is 1. The Hall–Kier alpha value is -1.81. The lowest BCUT2D eigenvalue weighted by molar-refractivity contribution is 0.181. The van der Waals surface area contributed by atoms with Crippen molar-refractivity contribution in [3.05, 3.63) is 36.0 Å². The van der Waals surface area contributed by atoms with Gasteiger partial charge in [0, 0.05) is 18.4 Å². The first kappa shape index (κ1) is 9.73. The van der Waals surface area contributed by atoms with E-state index in [0.717, 1.165) is 22.6 Å². The molecule has 15 heavy (non-hydrogen) atoms. The van der Waals surface area contributed by atoms with E-state index in [1.54, 1.807) is 7.11 Å². The van der Waals surface area contributed by atoms with Gasteiger partial charge in [-0.2, -0.15) is 5.10 Å². The van der Waals surface area contributed by atoms with Crippen LogP contribution in [0, 0.1) is 0 Å². The van der Waals surface area contributed by atoms with Crippen LogP contribution in [-0.2, 0) is 11.3 Å². The summed E-state index contributed by atoms with van der Waals surface area (Å²) in [4.78, 5) is 0. The Morgan fingerprint density at radius 2 is 2.20 bits per heavy atom. The van der Waals surface area contributed by atoms with E-state index < -0.39 is 0 Å². The molecule has 2 aromatic rings. The molecule has 4 heteroatoms. The van der Waals surface area contributed by atoms with Crippen LogP contribution >= 0.6 is 0 Å². The molecule has 1 heterocycles. The maximum Gasteiger partial charge on any atom is 0.0902 e. The van der Waals surface area contributed by atoms with E-state index in [-0.39, 0.29) is 0 Å². The fraction of sp³-hybridized carbons (Fsp3) is 0.182. The number of ether oxygens (including phenoxy) is 1. The third kappa shape index (κ3) is 1.99. The van der Waals surface area contributed by atoms with Crippen molar-refractivity contribution in [3.8, 4) is 11.3 Å². The molecule has 2 rings (SSSR count). The Balaban J connectivity index is 2.33. The molecule has 0 fully saturated rings. The fourth-order valence-corrected chi connectivity index (χ4v) is 1.47. The van der Waals surface area contributed by atoms with Crippen LogP contribution in [0.4, 0.5) is 5.69 Å². The predicted octanol–water partition coefficient (Wildman–Crippen LogP) is 1.81. The van der Waals surface area contributed by atoms with E-state index in [4.69, 9.17) is 10.5 Å².